The lowest BCUT2D eigenvalue weighted by Crippen LogP contribution is -2.07. The van der Waals surface area contributed by atoms with Crippen molar-refractivity contribution >= 4 is 11.6 Å². The molecular formula is C14H21ClO3. The van der Waals surface area contributed by atoms with Gasteiger partial charge in [0.15, 0.2) is 11.5 Å². The molecule has 0 aliphatic rings. The van der Waals surface area contributed by atoms with Crippen LogP contribution in [-0.4, -0.2) is 18.3 Å². The molecular weight excluding hydrogens is 252 g/mol. The first kappa shape index (κ1) is 15.1. The molecule has 3 nitrogen and oxygen atoms in total. The van der Waals surface area contributed by atoms with E-state index in [0.29, 0.717) is 35.7 Å². The predicted octanol–water partition coefficient (Wildman–Crippen LogP) is 3.83. The van der Waals surface area contributed by atoms with E-state index in [2.05, 4.69) is 13.8 Å². The third-order valence-corrected chi connectivity index (χ3v) is 2.66. The maximum absolute atomic E-state index is 9.59. The van der Waals surface area contributed by atoms with Crippen LogP contribution in [0.2, 0.25) is 5.02 Å². The lowest BCUT2D eigenvalue weighted by atomic mass is 10.1. The van der Waals surface area contributed by atoms with Gasteiger partial charge in [-0.25, -0.2) is 0 Å². The Bertz CT molecular complexity index is 389. The number of aliphatic hydroxyl groups is 1. The van der Waals surface area contributed by atoms with Crippen LogP contribution in [0.5, 0.6) is 11.5 Å². The number of hydrogen-bond acceptors (Lipinski definition) is 3. The molecule has 1 atom stereocenters. The first-order chi connectivity index (χ1) is 8.45. The van der Waals surface area contributed by atoms with Crippen molar-refractivity contribution in [3.8, 4) is 11.5 Å². The molecule has 18 heavy (non-hydrogen) atoms. The van der Waals surface area contributed by atoms with Crippen LogP contribution in [-0.2, 0) is 0 Å². The average Bonchev–Trinajstić information content (AvgIpc) is 2.27. The standard InChI is InChI=1S/C14H21ClO3/c1-5-17-13-7-11(10(4)16)6-12(15)14(13)18-8-9(2)3/h6-7,9-10,16H,5,8H2,1-4H3. The average molecular weight is 273 g/mol. The number of aliphatic hydroxyl groups excluding tert-OH is 1. The molecule has 1 N–H and O–H groups in total. The van der Waals surface area contributed by atoms with Crippen molar-refractivity contribution in [2.45, 2.75) is 33.8 Å². The van der Waals surface area contributed by atoms with Gasteiger partial charge < -0.3 is 14.6 Å². The van der Waals surface area contributed by atoms with E-state index < -0.39 is 6.10 Å². The van der Waals surface area contributed by atoms with Crippen molar-refractivity contribution in [2.75, 3.05) is 13.2 Å². The molecule has 0 spiro atoms. The van der Waals surface area contributed by atoms with Crippen LogP contribution in [0.15, 0.2) is 12.1 Å². The van der Waals surface area contributed by atoms with Gasteiger partial charge in [0.25, 0.3) is 0 Å². The largest absolute Gasteiger partial charge is 0.490 e. The first-order valence-electron chi connectivity index (χ1n) is 6.22. The minimum atomic E-state index is -0.583. The molecule has 0 heterocycles. The molecule has 0 saturated heterocycles. The summed E-state index contributed by atoms with van der Waals surface area (Å²) < 4.78 is 11.2. The van der Waals surface area contributed by atoms with Gasteiger partial charge in [-0.1, -0.05) is 25.4 Å². The van der Waals surface area contributed by atoms with Gasteiger partial charge in [0.1, 0.15) is 0 Å². The minimum Gasteiger partial charge on any atom is -0.490 e. The zero-order valence-corrected chi connectivity index (χ0v) is 12.1. The molecule has 1 unspecified atom stereocenters. The minimum absolute atomic E-state index is 0.409. The second kappa shape index (κ2) is 6.86. The molecule has 0 aromatic heterocycles. The van der Waals surface area contributed by atoms with Crippen molar-refractivity contribution in [3.05, 3.63) is 22.7 Å². The van der Waals surface area contributed by atoms with Gasteiger partial charge in [-0.3, -0.25) is 0 Å². The molecule has 1 aromatic carbocycles. The number of hydrogen-bond donors (Lipinski definition) is 1. The lowest BCUT2D eigenvalue weighted by molar-refractivity contribution is 0.197. The molecule has 0 aliphatic carbocycles. The van der Waals surface area contributed by atoms with Gasteiger partial charge in [-0.15, -0.1) is 0 Å². The Morgan fingerprint density at radius 1 is 1.22 bits per heavy atom. The fraction of sp³-hybridized carbons (Fsp3) is 0.571. The molecule has 0 saturated carbocycles. The van der Waals surface area contributed by atoms with Crippen molar-refractivity contribution < 1.29 is 14.6 Å². The Morgan fingerprint density at radius 2 is 1.89 bits per heavy atom. The van der Waals surface area contributed by atoms with Crippen LogP contribution >= 0.6 is 11.6 Å². The predicted molar refractivity (Wildman–Crippen MR) is 73.6 cm³/mol. The Morgan fingerprint density at radius 3 is 2.39 bits per heavy atom. The van der Waals surface area contributed by atoms with Gasteiger partial charge in [-0.05, 0) is 37.5 Å². The van der Waals surface area contributed by atoms with Crippen LogP contribution in [0.4, 0.5) is 0 Å². The van der Waals surface area contributed by atoms with E-state index in [9.17, 15) is 5.11 Å². The van der Waals surface area contributed by atoms with Crippen LogP contribution in [0.1, 0.15) is 39.4 Å². The highest BCUT2D eigenvalue weighted by Gasteiger charge is 2.15. The molecule has 0 fully saturated rings. The first-order valence-corrected chi connectivity index (χ1v) is 6.60. The molecule has 1 aromatic rings. The number of ether oxygens (including phenoxy) is 2. The summed E-state index contributed by atoms with van der Waals surface area (Å²) >= 11 is 6.18. The fourth-order valence-corrected chi connectivity index (χ4v) is 1.76. The molecule has 4 heteroatoms. The van der Waals surface area contributed by atoms with Crippen molar-refractivity contribution in [1.29, 1.82) is 0 Å². The zero-order chi connectivity index (χ0) is 13.7. The topological polar surface area (TPSA) is 38.7 Å². The smallest absolute Gasteiger partial charge is 0.179 e. The highest BCUT2D eigenvalue weighted by atomic mass is 35.5. The normalized spacial score (nSPS) is 12.6. The highest BCUT2D eigenvalue weighted by molar-refractivity contribution is 6.32. The summed E-state index contributed by atoms with van der Waals surface area (Å²) in [4.78, 5) is 0. The van der Waals surface area contributed by atoms with E-state index in [1.807, 2.05) is 6.92 Å². The molecule has 0 aliphatic heterocycles. The van der Waals surface area contributed by atoms with Gasteiger partial charge in [0, 0.05) is 0 Å². The van der Waals surface area contributed by atoms with Gasteiger partial charge in [0.2, 0.25) is 0 Å². The SMILES string of the molecule is CCOc1cc(C(C)O)cc(Cl)c1OCC(C)C. The summed E-state index contributed by atoms with van der Waals surface area (Å²) in [6, 6.07) is 3.49. The summed E-state index contributed by atoms with van der Waals surface area (Å²) in [6.07, 6.45) is -0.583. The number of benzene rings is 1. The maximum Gasteiger partial charge on any atom is 0.179 e. The van der Waals surface area contributed by atoms with E-state index in [1.54, 1.807) is 19.1 Å². The van der Waals surface area contributed by atoms with Gasteiger partial charge >= 0.3 is 0 Å². The number of rotatable bonds is 6. The Kier molecular flexibility index (Phi) is 5.76. The second-order valence-corrected chi connectivity index (χ2v) is 5.05. The molecule has 102 valence electrons. The van der Waals surface area contributed by atoms with Crippen LogP contribution in [0, 0.1) is 5.92 Å². The van der Waals surface area contributed by atoms with Crippen molar-refractivity contribution in [2.24, 2.45) is 5.92 Å². The van der Waals surface area contributed by atoms with Gasteiger partial charge in [0.05, 0.1) is 24.3 Å². The fourth-order valence-electron chi connectivity index (χ4n) is 1.48. The van der Waals surface area contributed by atoms with Crippen LogP contribution < -0.4 is 9.47 Å². The maximum atomic E-state index is 9.59. The number of halogens is 1. The Balaban J connectivity index is 3.06. The van der Waals surface area contributed by atoms with Crippen LogP contribution in [0.3, 0.4) is 0 Å². The third kappa shape index (κ3) is 4.07. The van der Waals surface area contributed by atoms with E-state index in [0.717, 1.165) is 5.56 Å². The van der Waals surface area contributed by atoms with E-state index in [1.165, 1.54) is 0 Å². The Hall–Kier alpha value is -0.930. The molecule has 0 radical (unpaired) electrons. The zero-order valence-electron chi connectivity index (χ0n) is 11.4. The van der Waals surface area contributed by atoms with E-state index in [4.69, 9.17) is 21.1 Å². The summed E-state index contributed by atoms with van der Waals surface area (Å²) in [5.41, 5.74) is 0.723. The monoisotopic (exact) mass is 272 g/mol. The summed E-state index contributed by atoms with van der Waals surface area (Å²) in [5.74, 6) is 1.55. The molecule has 0 bridgehead atoms. The molecule has 1 rings (SSSR count). The van der Waals surface area contributed by atoms with Crippen LogP contribution in [0.25, 0.3) is 0 Å². The Labute approximate surface area is 114 Å². The van der Waals surface area contributed by atoms with E-state index in [-0.39, 0.29) is 0 Å². The summed E-state index contributed by atoms with van der Waals surface area (Å²) in [5, 5.41) is 10.1. The van der Waals surface area contributed by atoms with Crippen molar-refractivity contribution in [3.63, 3.8) is 0 Å². The quantitative estimate of drug-likeness (QED) is 0.855. The lowest BCUT2D eigenvalue weighted by Gasteiger charge is -2.17. The summed E-state index contributed by atoms with van der Waals surface area (Å²) in [7, 11) is 0. The third-order valence-electron chi connectivity index (χ3n) is 2.38. The second-order valence-electron chi connectivity index (χ2n) is 4.64. The van der Waals surface area contributed by atoms with Gasteiger partial charge in [-0.2, -0.15) is 0 Å². The van der Waals surface area contributed by atoms with Crippen molar-refractivity contribution in [1.82, 2.24) is 0 Å². The molecule has 0 amide bonds. The summed E-state index contributed by atoms with van der Waals surface area (Å²) in [6.45, 7) is 8.83. The highest BCUT2D eigenvalue weighted by Crippen LogP contribution is 2.38. The van der Waals surface area contributed by atoms with E-state index >= 15 is 0 Å².